The van der Waals surface area contributed by atoms with Gasteiger partial charge in [0.05, 0.1) is 0 Å². The van der Waals surface area contributed by atoms with Crippen molar-refractivity contribution in [2.24, 2.45) is 0 Å². The molecule has 1 amide bonds. The maximum atomic E-state index is 10.9. The third-order valence-corrected chi connectivity index (χ3v) is 3.01. The number of anilines is 1. The molecule has 0 saturated carbocycles. The number of nitrogens with one attached hydrogen (secondary N) is 2. The quantitative estimate of drug-likeness (QED) is 0.822. The molecular weight excluding hydrogens is 236 g/mol. The average Bonchev–Trinajstić information content (AvgIpc) is 2.37. The normalized spacial score (nSPS) is 13.2. The zero-order valence-corrected chi connectivity index (χ0v) is 12.3. The minimum atomic E-state index is -0.0446. The Hall–Kier alpha value is -1.61. The molecule has 0 aliphatic heterocycles. The van der Waals surface area contributed by atoms with E-state index in [1.165, 1.54) is 12.5 Å². The Labute approximate surface area is 116 Å². The predicted molar refractivity (Wildman–Crippen MR) is 82.2 cm³/mol. The SMILES string of the molecule is CCCNC(C)/C(C)=C/c1ccc(NC(C)=O)cc1. The summed E-state index contributed by atoms with van der Waals surface area (Å²) in [4.78, 5) is 10.9. The first kappa shape index (κ1) is 15.4. The van der Waals surface area contributed by atoms with Crippen molar-refractivity contribution in [3.05, 3.63) is 35.4 Å². The first-order valence-electron chi connectivity index (χ1n) is 6.82. The van der Waals surface area contributed by atoms with Gasteiger partial charge in [-0.15, -0.1) is 0 Å². The topological polar surface area (TPSA) is 41.1 Å². The van der Waals surface area contributed by atoms with E-state index >= 15 is 0 Å². The first-order chi connectivity index (χ1) is 9.02. The fourth-order valence-corrected chi connectivity index (χ4v) is 1.78. The van der Waals surface area contributed by atoms with E-state index in [9.17, 15) is 4.79 Å². The number of amides is 1. The Balaban J connectivity index is 2.67. The zero-order valence-electron chi connectivity index (χ0n) is 12.3. The molecule has 104 valence electrons. The lowest BCUT2D eigenvalue weighted by molar-refractivity contribution is -0.114. The molecule has 19 heavy (non-hydrogen) atoms. The number of hydrogen-bond acceptors (Lipinski definition) is 2. The van der Waals surface area contributed by atoms with E-state index in [2.05, 4.69) is 37.5 Å². The van der Waals surface area contributed by atoms with Crippen LogP contribution in [-0.2, 0) is 4.79 Å². The number of hydrogen-bond donors (Lipinski definition) is 2. The third kappa shape index (κ3) is 5.71. The third-order valence-electron chi connectivity index (χ3n) is 3.01. The summed E-state index contributed by atoms with van der Waals surface area (Å²) in [5, 5.41) is 6.23. The van der Waals surface area contributed by atoms with Crippen LogP contribution in [0.2, 0.25) is 0 Å². The van der Waals surface area contributed by atoms with Gasteiger partial charge < -0.3 is 10.6 Å². The minimum absolute atomic E-state index is 0.0446. The van der Waals surface area contributed by atoms with Crippen LogP contribution in [0.25, 0.3) is 6.08 Å². The van der Waals surface area contributed by atoms with Gasteiger partial charge in [-0.25, -0.2) is 0 Å². The van der Waals surface area contributed by atoms with Crippen LogP contribution in [0.4, 0.5) is 5.69 Å². The molecule has 0 radical (unpaired) electrons. The van der Waals surface area contributed by atoms with Gasteiger partial charge >= 0.3 is 0 Å². The summed E-state index contributed by atoms with van der Waals surface area (Å²) in [7, 11) is 0. The van der Waals surface area contributed by atoms with E-state index in [0.717, 1.165) is 24.2 Å². The minimum Gasteiger partial charge on any atom is -0.326 e. The molecule has 0 aromatic heterocycles. The molecule has 3 nitrogen and oxygen atoms in total. The van der Waals surface area contributed by atoms with Crippen molar-refractivity contribution in [3.8, 4) is 0 Å². The van der Waals surface area contributed by atoms with Crippen LogP contribution in [0.5, 0.6) is 0 Å². The Morgan fingerprint density at radius 2 is 1.89 bits per heavy atom. The molecule has 0 spiro atoms. The van der Waals surface area contributed by atoms with E-state index in [1.54, 1.807) is 0 Å². The molecule has 0 aliphatic carbocycles. The summed E-state index contributed by atoms with van der Waals surface area (Å²) in [6.07, 6.45) is 3.31. The van der Waals surface area contributed by atoms with Crippen LogP contribution in [-0.4, -0.2) is 18.5 Å². The second-order valence-corrected chi connectivity index (χ2v) is 4.87. The smallest absolute Gasteiger partial charge is 0.221 e. The molecule has 1 unspecified atom stereocenters. The predicted octanol–water partition coefficient (Wildman–Crippen LogP) is 3.44. The molecule has 1 rings (SSSR count). The monoisotopic (exact) mass is 260 g/mol. The van der Waals surface area contributed by atoms with Crippen LogP contribution >= 0.6 is 0 Å². The summed E-state index contributed by atoms with van der Waals surface area (Å²) in [6, 6.07) is 8.26. The Morgan fingerprint density at radius 3 is 2.42 bits per heavy atom. The van der Waals surface area contributed by atoms with Crippen molar-refractivity contribution in [3.63, 3.8) is 0 Å². The highest BCUT2D eigenvalue weighted by Crippen LogP contribution is 2.14. The fourth-order valence-electron chi connectivity index (χ4n) is 1.78. The highest BCUT2D eigenvalue weighted by molar-refractivity contribution is 5.88. The van der Waals surface area contributed by atoms with Crippen LogP contribution < -0.4 is 10.6 Å². The molecular formula is C16H24N2O. The zero-order chi connectivity index (χ0) is 14.3. The van der Waals surface area contributed by atoms with E-state index in [1.807, 2.05) is 24.3 Å². The molecule has 2 N–H and O–H groups in total. The molecule has 1 aromatic rings. The standard InChI is InChI=1S/C16H24N2O/c1-5-10-17-13(3)12(2)11-15-6-8-16(9-7-15)18-14(4)19/h6-9,11,13,17H,5,10H2,1-4H3,(H,18,19)/b12-11+. The summed E-state index contributed by atoms with van der Waals surface area (Å²) in [5.41, 5.74) is 3.29. The summed E-state index contributed by atoms with van der Waals surface area (Å²) in [5.74, 6) is -0.0446. The molecule has 0 heterocycles. The highest BCUT2D eigenvalue weighted by atomic mass is 16.1. The van der Waals surface area contributed by atoms with Gasteiger partial charge in [0.1, 0.15) is 0 Å². The second kappa shape index (κ2) is 7.74. The van der Waals surface area contributed by atoms with Gasteiger partial charge in [0, 0.05) is 18.7 Å². The van der Waals surface area contributed by atoms with Gasteiger partial charge in [0.15, 0.2) is 0 Å². The number of carbonyl (C=O) groups excluding carboxylic acids is 1. The number of benzene rings is 1. The molecule has 0 fully saturated rings. The van der Waals surface area contributed by atoms with Crippen molar-refractivity contribution in [2.75, 3.05) is 11.9 Å². The summed E-state index contributed by atoms with van der Waals surface area (Å²) in [6.45, 7) is 9.02. The molecule has 1 atom stereocenters. The van der Waals surface area contributed by atoms with Crippen LogP contribution in [0.1, 0.15) is 39.7 Å². The van der Waals surface area contributed by atoms with E-state index in [-0.39, 0.29) is 5.91 Å². The lowest BCUT2D eigenvalue weighted by Gasteiger charge is -2.14. The first-order valence-corrected chi connectivity index (χ1v) is 6.82. The lowest BCUT2D eigenvalue weighted by atomic mass is 10.1. The van der Waals surface area contributed by atoms with Gasteiger partial charge in [-0.3, -0.25) is 4.79 Å². The number of carbonyl (C=O) groups is 1. The Kier molecular flexibility index (Phi) is 6.30. The Morgan fingerprint density at radius 1 is 1.26 bits per heavy atom. The fraction of sp³-hybridized carbons (Fsp3) is 0.438. The molecule has 1 aromatic carbocycles. The van der Waals surface area contributed by atoms with Crippen molar-refractivity contribution >= 4 is 17.7 Å². The van der Waals surface area contributed by atoms with Crippen LogP contribution in [0.15, 0.2) is 29.8 Å². The van der Waals surface area contributed by atoms with E-state index in [0.29, 0.717) is 6.04 Å². The van der Waals surface area contributed by atoms with Gasteiger partial charge in [-0.1, -0.05) is 30.7 Å². The summed E-state index contributed by atoms with van der Waals surface area (Å²) < 4.78 is 0. The average molecular weight is 260 g/mol. The van der Waals surface area contributed by atoms with Gasteiger partial charge in [0.25, 0.3) is 0 Å². The molecule has 0 aliphatic rings. The Bertz CT molecular complexity index is 435. The lowest BCUT2D eigenvalue weighted by Crippen LogP contribution is -2.27. The molecule has 3 heteroatoms. The van der Waals surface area contributed by atoms with Crippen molar-refractivity contribution in [1.29, 1.82) is 0 Å². The van der Waals surface area contributed by atoms with Gasteiger partial charge in [0.2, 0.25) is 5.91 Å². The molecule has 0 bridgehead atoms. The van der Waals surface area contributed by atoms with Gasteiger partial charge in [-0.05, 0) is 44.5 Å². The van der Waals surface area contributed by atoms with E-state index < -0.39 is 0 Å². The van der Waals surface area contributed by atoms with Crippen LogP contribution in [0.3, 0.4) is 0 Å². The maximum absolute atomic E-state index is 10.9. The van der Waals surface area contributed by atoms with Crippen molar-refractivity contribution in [1.82, 2.24) is 5.32 Å². The van der Waals surface area contributed by atoms with Crippen LogP contribution in [0, 0.1) is 0 Å². The van der Waals surface area contributed by atoms with E-state index in [4.69, 9.17) is 0 Å². The van der Waals surface area contributed by atoms with Crippen molar-refractivity contribution < 1.29 is 4.79 Å². The second-order valence-electron chi connectivity index (χ2n) is 4.87. The van der Waals surface area contributed by atoms with Gasteiger partial charge in [-0.2, -0.15) is 0 Å². The largest absolute Gasteiger partial charge is 0.326 e. The van der Waals surface area contributed by atoms with Crippen molar-refractivity contribution in [2.45, 2.75) is 40.2 Å². The molecule has 0 saturated heterocycles. The number of rotatable bonds is 6. The highest BCUT2D eigenvalue weighted by Gasteiger charge is 2.02. The summed E-state index contributed by atoms with van der Waals surface area (Å²) >= 11 is 0. The maximum Gasteiger partial charge on any atom is 0.221 e.